The van der Waals surface area contributed by atoms with Crippen LogP contribution in [0.3, 0.4) is 0 Å². The van der Waals surface area contributed by atoms with E-state index in [1.54, 1.807) is 12.1 Å². The molecule has 0 saturated heterocycles. The molecule has 0 saturated carbocycles. The van der Waals surface area contributed by atoms with E-state index in [-0.39, 0.29) is 5.97 Å². The summed E-state index contributed by atoms with van der Waals surface area (Å²) in [7, 11) is 1.34. The highest BCUT2D eigenvalue weighted by atomic mass is 79.9. The molecule has 0 aliphatic heterocycles. The van der Waals surface area contributed by atoms with Crippen LogP contribution in [0.5, 0.6) is 0 Å². The molecule has 0 amide bonds. The molecule has 0 aromatic carbocycles. The summed E-state index contributed by atoms with van der Waals surface area (Å²) in [6.07, 6.45) is 1.53. The van der Waals surface area contributed by atoms with Gasteiger partial charge in [-0.1, -0.05) is 21.9 Å². The number of pyridine rings is 1. The Morgan fingerprint density at radius 2 is 2.50 bits per heavy atom. The number of carbonyl (C=O) groups is 1. The van der Waals surface area contributed by atoms with Crippen LogP contribution in [-0.2, 0) is 4.74 Å². The lowest BCUT2D eigenvalue weighted by Gasteiger charge is -1.97. The van der Waals surface area contributed by atoms with Crippen molar-refractivity contribution in [3.05, 3.63) is 29.6 Å². The lowest BCUT2D eigenvalue weighted by Crippen LogP contribution is -2.01. The Hall–Kier alpha value is -1.34. The first kappa shape index (κ1) is 10.7. The molecule has 0 bridgehead atoms. The average molecular weight is 254 g/mol. The number of hydrogen-bond acceptors (Lipinski definition) is 3. The normalized spacial score (nSPS) is 8.71. The zero-order chi connectivity index (χ0) is 10.4. The fraction of sp³-hybridized carbons (Fsp3) is 0.200. The summed E-state index contributed by atoms with van der Waals surface area (Å²) in [4.78, 5) is 15.1. The quantitative estimate of drug-likeness (QED) is 0.434. The molecule has 1 aromatic heterocycles. The third kappa shape index (κ3) is 2.86. The lowest BCUT2D eigenvalue weighted by molar-refractivity contribution is 0.0600. The predicted molar refractivity (Wildman–Crippen MR) is 56.2 cm³/mol. The Labute approximate surface area is 90.6 Å². The standard InChI is InChI=1S/C10H8BrNO2/c1-14-10(13)8-4-6-12-9(7-8)3-2-5-11/h4,6-7H,5H2,1H3. The van der Waals surface area contributed by atoms with Crippen molar-refractivity contribution in [3.8, 4) is 11.8 Å². The second-order valence-corrected chi connectivity index (χ2v) is 2.92. The fourth-order valence-corrected chi connectivity index (χ4v) is 1.01. The van der Waals surface area contributed by atoms with Crippen LogP contribution in [0.2, 0.25) is 0 Å². The highest BCUT2D eigenvalue weighted by Gasteiger charge is 2.04. The van der Waals surface area contributed by atoms with Crippen molar-refractivity contribution in [1.82, 2.24) is 4.98 Å². The number of rotatable bonds is 1. The monoisotopic (exact) mass is 253 g/mol. The largest absolute Gasteiger partial charge is 0.465 e. The molecule has 0 aliphatic carbocycles. The molecule has 3 nitrogen and oxygen atoms in total. The van der Waals surface area contributed by atoms with Crippen LogP contribution in [0, 0.1) is 11.8 Å². The molecule has 0 aliphatic rings. The van der Waals surface area contributed by atoms with Crippen molar-refractivity contribution in [3.63, 3.8) is 0 Å². The highest BCUT2D eigenvalue weighted by Crippen LogP contribution is 2.02. The van der Waals surface area contributed by atoms with Crippen molar-refractivity contribution in [1.29, 1.82) is 0 Å². The Bertz CT molecular complexity index is 393. The molecule has 1 rings (SSSR count). The maximum Gasteiger partial charge on any atom is 0.338 e. The van der Waals surface area contributed by atoms with Gasteiger partial charge in [0.25, 0.3) is 0 Å². The minimum absolute atomic E-state index is 0.380. The van der Waals surface area contributed by atoms with Crippen molar-refractivity contribution < 1.29 is 9.53 Å². The van der Waals surface area contributed by atoms with Crippen molar-refractivity contribution in [2.45, 2.75) is 0 Å². The molecule has 14 heavy (non-hydrogen) atoms. The van der Waals surface area contributed by atoms with Crippen LogP contribution in [-0.4, -0.2) is 23.4 Å². The van der Waals surface area contributed by atoms with Gasteiger partial charge >= 0.3 is 5.97 Å². The van der Waals surface area contributed by atoms with Gasteiger partial charge in [0.15, 0.2) is 0 Å². The van der Waals surface area contributed by atoms with E-state index in [0.717, 1.165) is 0 Å². The van der Waals surface area contributed by atoms with Gasteiger partial charge in [0, 0.05) is 6.20 Å². The zero-order valence-electron chi connectivity index (χ0n) is 7.58. The van der Waals surface area contributed by atoms with Crippen LogP contribution in [0.4, 0.5) is 0 Å². The lowest BCUT2D eigenvalue weighted by atomic mass is 10.2. The first-order chi connectivity index (χ1) is 6.77. The number of nitrogens with zero attached hydrogens (tertiary/aromatic N) is 1. The van der Waals surface area contributed by atoms with Gasteiger partial charge in [0.05, 0.1) is 18.0 Å². The van der Waals surface area contributed by atoms with E-state index >= 15 is 0 Å². The summed E-state index contributed by atoms with van der Waals surface area (Å²) in [5.41, 5.74) is 1.02. The van der Waals surface area contributed by atoms with Crippen molar-refractivity contribution >= 4 is 21.9 Å². The van der Waals surface area contributed by atoms with Gasteiger partial charge in [-0.2, -0.15) is 0 Å². The molecule has 0 fully saturated rings. The number of aromatic nitrogens is 1. The van der Waals surface area contributed by atoms with E-state index in [9.17, 15) is 4.79 Å². The Morgan fingerprint density at radius 1 is 1.71 bits per heavy atom. The van der Waals surface area contributed by atoms with Crippen LogP contribution in [0.15, 0.2) is 18.3 Å². The maximum absolute atomic E-state index is 11.1. The SMILES string of the molecule is COC(=O)c1ccnc(C#CCBr)c1. The third-order valence-electron chi connectivity index (χ3n) is 1.46. The topological polar surface area (TPSA) is 39.2 Å². The van der Waals surface area contributed by atoms with E-state index in [0.29, 0.717) is 16.6 Å². The Morgan fingerprint density at radius 3 is 3.14 bits per heavy atom. The van der Waals surface area contributed by atoms with Crippen LogP contribution < -0.4 is 0 Å². The molecule has 0 unspecified atom stereocenters. The van der Waals surface area contributed by atoms with Crippen LogP contribution >= 0.6 is 15.9 Å². The van der Waals surface area contributed by atoms with Crippen molar-refractivity contribution in [2.24, 2.45) is 0 Å². The molecule has 4 heteroatoms. The fourth-order valence-electron chi connectivity index (χ4n) is 0.868. The van der Waals surface area contributed by atoms with Gasteiger partial charge in [0.2, 0.25) is 0 Å². The highest BCUT2D eigenvalue weighted by molar-refractivity contribution is 9.09. The van der Waals surface area contributed by atoms with Gasteiger partial charge in [-0.25, -0.2) is 9.78 Å². The van der Waals surface area contributed by atoms with Gasteiger partial charge in [-0.05, 0) is 18.1 Å². The first-order valence-electron chi connectivity index (χ1n) is 3.87. The molecule has 0 atom stereocenters. The number of halogens is 1. The van der Waals surface area contributed by atoms with Crippen molar-refractivity contribution in [2.75, 3.05) is 12.4 Å². The molecule has 1 heterocycles. The Kier molecular flexibility index (Phi) is 4.14. The minimum atomic E-state index is -0.380. The predicted octanol–water partition coefficient (Wildman–Crippen LogP) is 1.61. The summed E-state index contributed by atoms with van der Waals surface area (Å²) in [6, 6.07) is 3.19. The van der Waals surface area contributed by atoms with Crippen LogP contribution in [0.25, 0.3) is 0 Å². The number of esters is 1. The summed E-state index contributed by atoms with van der Waals surface area (Å²) in [5, 5.41) is 0.580. The van der Waals surface area contributed by atoms with Gasteiger partial charge in [-0.15, -0.1) is 0 Å². The van der Waals surface area contributed by atoms with Crippen LogP contribution in [0.1, 0.15) is 16.1 Å². The molecule has 0 spiro atoms. The molecule has 0 N–H and O–H groups in total. The maximum atomic E-state index is 11.1. The average Bonchev–Trinajstić information content (AvgIpc) is 2.25. The van der Waals surface area contributed by atoms with Gasteiger partial charge < -0.3 is 4.74 Å². The minimum Gasteiger partial charge on any atom is -0.465 e. The van der Waals surface area contributed by atoms with E-state index in [4.69, 9.17) is 0 Å². The number of carbonyl (C=O) groups excluding carboxylic acids is 1. The van der Waals surface area contributed by atoms with Gasteiger partial charge in [-0.3, -0.25) is 0 Å². The smallest absolute Gasteiger partial charge is 0.338 e. The number of methoxy groups -OCH3 is 1. The molecular weight excluding hydrogens is 246 g/mol. The Balaban J connectivity index is 2.95. The second kappa shape index (κ2) is 5.40. The number of ether oxygens (including phenoxy) is 1. The van der Waals surface area contributed by atoms with Gasteiger partial charge in [0.1, 0.15) is 5.69 Å². The molecule has 0 radical (unpaired) electrons. The second-order valence-electron chi connectivity index (χ2n) is 2.36. The summed E-state index contributed by atoms with van der Waals surface area (Å²) in [5.74, 6) is 5.22. The summed E-state index contributed by atoms with van der Waals surface area (Å²) in [6.45, 7) is 0. The van der Waals surface area contributed by atoms with E-state index in [2.05, 4.69) is 37.5 Å². The first-order valence-corrected chi connectivity index (χ1v) is 4.99. The number of alkyl halides is 1. The summed E-state index contributed by atoms with van der Waals surface area (Å²) >= 11 is 3.17. The van der Waals surface area contributed by atoms with E-state index < -0.39 is 0 Å². The molecular formula is C10H8BrNO2. The van der Waals surface area contributed by atoms with E-state index in [1.165, 1.54) is 13.3 Å². The third-order valence-corrected chi connectivity index (χ3v) is 1.74. The zero-order valence-corrected chi connectivity index (χ0v) is 9.17. The molecule has 1 aromatic rings. The summed E-state index contributed by atoms with van der Waals surface area (Å²) < 4.78 is 4.57. The molecule has 72 valence electrons. The number of hydrogen-bond donors (Lipinski definition) is 0. The van der Waals surface area contributed by atoms with E-state index in [1.807, 2.05) is 0 Å².